The number of pyridine rings is 3. The highest BCUT2D eigenvalue weighted by molar-refractivity contribution is 5.81. The number of aryl methyl sites for hydroxylation is 1. The second kappa shape index (κ2) is 9.16. The fraction of sp³-hybridized carbons (Fsp3) is 0.296. The quantitative estimate of drug-likeness (QED) is 0.430. The number of fused-ring (bicyclic) bond motifs is 1. The molecule has 1 atom stereocenters. The van der Waals surface area contributed by atoms with E-state index < -0.39 is 0 Å². The molecule has 0 unspecified atom stereocenters. The third-order valence-electron chi connectivity index (χ3n) is 6.23. The van der Waals surface area contributed by atoms with Crippen molar-refractivity contribution in [3.63, 3.8) is 0 Å². The number of aromatic nitrogens is 3. The van der Waals surface area contributed by atoms with E-state index in [4.69, 9.17) is 9.97 Å². The molecule has 0 saturated carbocycles. The third-order valence-corrected chi connectivity index (χ3v) is 6.23. The Morgan fingerprint density at radius 3 is 2.70 bits per heavy atom. The second-order valence-corrected chi connectivity index (χ2v) is 8.95. The molecule has 1 aromatic carbocycles. The van der Waals surface area contributed by atoms with Gasteiger partial charge in [-0.25, -0.2) is 9.97 Å². The van der Waals surface area contributed by atoms with E-state index in [2.05, 4.69) is 70.6 Å². The molecule has 1 aliphatic rings. The molecule has 0 spiro atoms. The minimum atomic E-state index is 0.317. The lowest BCUT2D eigenvalue weighted by molar-refractivity contribution is 0.244. The molecule has 4 aromatic rings. The summed E-state index contributed by atoms with van der Waals surface area (Å²) in [5.41, 5.74) is 5.36. The lowest BCUT2D eigenvalue weighted by Gasteiger charge is -2.26. The van der Waals surface area contributed by atoms with Gasteiger partial charge in [0.05, 0.1) is 29.1 Å². The smallest absolute Gasteiger partial charge is 0.133 e. The molecule has 1 N–H and O–H groups in total. The van der Waals surface area contributed by atoms with E-state index in [0.717, 1.165) is 53.7 Å². The number of nitrogens with zero attached hydrogens (tertiary/aromatic N) is 5. The van der Waals surface area contributed by atoms with Crippen LogP contribution in [-0.4, -0.2) is 40.5 Å². The van der Waals surface area contributed by atoms with Gasteiger partial charge in [-0.05, 0) is 62.7 Å². The molecule has 5 rings (SSSR count). The first-order valence-corrected chi connectivity index (χ1v) is 11.5. The van der Waals surface area contributed by atoms with Crippen LogP contribution in [0.1, 0.15) is 35.8 Å². The van der Waals surface area contributed by atoms with Crippen molar-refractivity contribution < 1.29 is 0 Å². The first kappa shape index (κ1) is 21.3. The Morgan fingerprint density at radius 2 is 1.91 bits per heavy atom. The number of anilines is 3. The largest absolute Gasteiger partial charge is 0.362 e. The number of benzene rings is 1. The maximum atomic E-state index is 4.94. The van der Waals surface area contributed by atoms with Crippen molar-refractivity contribution >= 4 is 28.2 Å². The van der Waals surface area contributed by atoms with E-state index in [-0.39, 0.29) is 0 Å². The van der Waals surface area contributed by atoms with Gasteiger partial charge in [0.1, 0.15) is 11.6 Å². The monoisotopic (exact) mass is 438 g/mol. The normalized spacial score (nSPS) is 16.3. The van der Waals surface area contributed by atoms with Crippen LogP contribution >= 0.6 is 0 Å². The molecule has 0 radical (unpaired) electrons. The van der Waals surface area contributed by atoms with Gasteiger partial charge in [0.25, 0.3) is 0 Å². The van der Waals surface area contributed by atoms with E-state index >= 15 is 0 Å². The summed E-state index contributed by atoms with van der Waals surface area (Å²) >= 11 is 0. The molecular weight excluding hydrogens is 408 g/mol. The fourth-order valence-electron chi connectivity index (χ4n) is 4.66. The van der Waals surface area contributed by atoms with Gasteiger partial charge in [0.2, 0.25) is 0 Å². The van der Waals surface area contributed by atoms with Crippen molar-refractivity contribution in [3.8, 4) is 0 Å². The van der Waals surface area contributed by atoms with E-state index in [9.17, 15) is 0 Å². The molecule has 6 nitrogen and oxygen atoms in total. The Morgan fingerprint density at radius 1 is 1.03 bits per heavy atom. The van der Waals surface area contributed by atoms with Gasteiger partial charge in [-0.2, -0.15) is 0 Å². The molecule has 168 valence electrons. The zero-order valence-corrected chi connectivity index (χ0v) is 19.5. The molecule has 6 heteroatoms. The van der Waals surface area contributed by atoms with E-state index in [1.807, 2.05) is 37.4 Å². The Kier molecular flexibility index (Phi) is 5.92. The van der Waals surface area contributed by atoms with Crippen LogP contribution in [0.5, 0.6) is 0 Å². The van der Waals surface area contributed by atoms with Crippen LogP contribution in [0.15, 0.2) is 66.9 Å². The summed E-state index contributed by atoms with van der Waals surface area (Å²) in [5, 5.41) is 4.54. The van der Waals surface area contributed by atoms with Crippen molar-refractivity contribution in [1.29, 1.82) is 0 Å². The van der Waals surface area contributed by atoms with Crippen molar-refractivity contribution in [2.75, 3.05) is 30.9 Å². The minimum Gasteiger partial charge on any atom is -0.362 e. The van der Waals surface area contributed by atoms with Crippen LogP contribution in [0, 0.1) is 6.92 Å². The molecule has 0 aliphatic carbocycles. The Labute approximate surface area is 195 Å². The highest BCUT2D eigenvalue weighted by Crippen LogP contribution is 2.34. The highest BCUT2D eigenvalue weighted by Gasteiger charge is 2.28. The molecule has 33 heavy (non-hydrogen) atoms. The number of nitrogens with one attached hydrogen (secondary N) is 1. The topological polar surface area (TPSA) is 57.2 Å². The molecule has 1 aliphatic heterocycles. The summed E-state index contributed by atoms with van der Waals surface area (Å²) in [6, 6.07) is 21.2. The van der Waals surface area contributed by atoms with E-state index in [1.54, 1.807) is 0 Å². The maximum absolute atomic E-state index is 4.94. The molecule has 1 saturated heterocycles. The Balaban J connectivity index is 1.36. The van der Waals surface area contributed by atoms with Crippen molar-refractivity contribution in [2.24, 2.45) is 0 Å². The average Bonchev–Trinajstić information content (AvgIpc) is 3.27. The van der Waals surface area contributed by atoms with Gasteiger partial charge in [-0.3, -0.25) is 9.88 Å². The van der Waals surface area contributed by atoms with Crippen LogP contribution in [0.3, 0.4) is 0 Å². The molecule has 0 amide bonds. The lowest BCUT2D eigenvalue weighted by atomic mass is 10.1. The number of hydrogen-bond acceptors (Lipinski definition) is 6. The maximum Gasteiger partial charge on any atom is 0.133 e. The summed E-state index contributed by atoms with van der Waals surface area (Å²) in [4.78, 5) is 18.9. The summed E-state index contributed by atoms with van der Waals surface area (Å²) < 4.78 is 0. The standard InChI is InChI=1S/C27H30N6/c1-19-8-6-12-26(29-19)30-22-13-14-24(28-17-22)25-11-7-15-33(25)18-21-16-20-9-4-5-10-23(20)31-27(21)32(2)3/h4-6,8-10,12-14,16-17,25H,7,11,15,18H2,1-3H3,(H,29,30)/t25-/m1/s1. The number of hydrogen-bond donors (Lipinski definition) is 1. The van der Waals surface area contributed by atoms with Gasteiger partial charge < -0.3 is 10.2 Å². The van der Waals surface area contributed by atoms with Crippen molar-refractivity contribution in [2.45, 2.75) is 32.4 Å². The minimum absolute atomic E-state index is 0.317. The summed E-state index contributed by atoms with van der Waals surface area (Å²) in [6.45, 7) is 3.93. The van der Waals surface area contributed by atoms with Gasteiger partial charge in [0.15, 0.2) is 0 Å². The number of rotatable bonds is 6. The molecule has 4 heterocycles. The average molecular weight is 439 g/mol. The first-order chi connectivity index (χ1) is 16.1. The Bertz CT molecular complexity index is 1250. The van der Waals surface area contributed by atoms with E-state index in [1.165, 1.54) is 17.4 Å². The second-order valence-electron chi connectivity index (χ2n) is 8.95. The first-order valence-electron chi connectivity index (χ1n) is 11.5. The van der Waals surface area contributed by atoms with Gasteiger partial charge in [0, 0.05) is 37.3 Å². The van der Waals surface area contributed by atoms with Crippen LogP contribution < -0.4 is 10.2 Å². The zero-order chi connectivity index (χ0) is 22.8. The summed E-state index contributed by atoms with van der Waals surface area (Å²) in [6.07, 6.45) is 4.22. The van der Waals surface area contributed by atoms with Crippen molar-refractivity contribution in [1.82, 2.24) is 19.9 Å². The van der Waals surface area contributed by atoms with Crippen LogP contribution in [0.4, 0.5) is 17.3 Å². The summed E-state index contributed by atoms with van der Waals surface area (Å²) in [5.74, 6) is 1.88. The van der Waals surface area contributed by atoms with Crippen LogP contribution in [0.2, 0.25) is 0 Å². The third kappa shape index (κ3) is 4.66. The predicted molar refractivity (Wildman–Crippen MR) is 135 cm³/mol. The molecule has 3 aromatic heterocycles. The van der Waals surface area contributed by atoms with Crippen LogP contribution in [0.25, 0.3) is 10.9 Å². The van der Waals surface area contributed by atoms with Crippen molar-refractivity contribution in [3.05, 3.63) is 83.8 Å². The van der Waals surface area contributed by atoms with Gasteiger partial charge >= 0.3 is 0 Å². The van der Waals surface area contributed by atoms with Crippen LogP contribution in [-0.2, 0) is 6.54 Å². The Hall–Kier alpha value is -3.51. The fourth-order valence-corrected chi connectivity index (χ4v) is 4.66. The number of para-hydroxylation sites is 1. The lowest BCUT2D eigenvalue weighted by Crippen LogP contribution is -2.25. The summed E-state index contributed by atoms with van der Waals surface area (Å²) in [7, 11) is 4.14. The molecule has 0 bridgehead atoms. The molecule has 1 fully saturated rings. The highest BCUT2D eigenvalue weighted by atomic mass is 15.2. The van der Waals surface area contributed by atoms with Gasteiger partial charge in [-0.15, -0.1) is 0 Å². The predicted octanol–water partition coefficient (Wildman–Crippen LogP) is 5.48. The zero-order valence-electron chi connectivity index (χ0n) is 19.5. The van der Waals surface area contributed by atoms with E-state index in [0.29, 0.717) is 6.04 Å². The number of likely N-dealkylation sites (tertiary alicyclic amines) is 1. The molecular formula is C27H30N6. The van der Waals surface area contributed by atoms with Gasteiger partial charge in [-0.1, -0.05) is 24.3 Å². The SMILES string of the molecule is Cc1cccc(Nc2ccc([C@H]3CCCN3Cc3cc4ccccc4nc3N(C)C)nc2)n1.